The summed E-state index contributed by atoms with van der Waals surface area (Å²) in [4.78, 5) is 33.8. The molecule has 2 aromatic carbocycles. The van der Waals surface area contributed by atoms with Gasteiger partial charge < -0.3 is 9.52 Å². The third-order valence-electron chi connectivity index (χ3n) is 3.12. The fourth-order valence-electron chi connectivity index (χ4n) is 2.18. The topological polar surface area (TPSA) is 111 Å². The molecule has 21 heavy (non-hydrogen) atoms. The molecule has 0 atom stereocenters. The maximum Gasteiger partial charge on any atom is 0.336 e. The monoisotopic (exact) mass is 285 g/mol. The van der Waals surface area contributed by atoms with Crippen LogP contribution < -0.4 is 5.43 Å². The summed E-state index contributed by atoms with van der Waals surface area (Å²) in [5.41, 5.74) is -0.772. The van der Waals surface area contributed by atoms with Gasteiger partial charge in [0.1, 0.15) is 11.2 Å². The molecule has 0 bridgehead atoms. The number of carboxylic acid groups (broad SMARTS) is 1. The summed E-state index contributed by atoms with van der Waals surface area (Å²) in [7, 11) is 0. The Morgan fingerprint density at radius 1 is 1.19 bits per heavy atom. The van der Waals surface area contributed by atoms with Crippen molar-refractivity contribution in [2.75, 3.05) is 0 Å². The molecule has 104 valence electrons. The molecule has 0 saturated carbocycles. The molecule has 0 aliphatic heterocycles. The molecule has 1 aromatic heterocycles. The van der Waals surface area contributed by atoms with E-state index in [-0.39, 0.29) is 33.2 Å². The van der Waals surface area contributed by atoms with Gasteiger partial charge in [0, 0.05) is 12.1 Å². The lowest BCUT2D eigenvalue weighted by Gasteiger charge is -2.03. The van der Waals surface area contributed by atoms with Crippen LogP contribution in [0.1, 0.15) is 10.4 Å². The zero-order valence-corrected chi connectivity index (χ0v) is 10.4. The summed E-state index contributed by atoms with van der Waals surface area (Å²) in [6.07, 6.45) is 0. The molecular formula is C14H7NO6. The van der Waals surface area contributed by atoms with Gasteiger partial charge in [-0.25, -0.2) is 4.79 Å². The Morgan fingerprint density at radius 3 is 2.62 bits per heavy atom. The zero-order valence-electron chi connectivity index (χ0n) is 10.4. The second-order valence-electron chi connectivity index (χ2n) is 4.35. The van der Waals surface area contributed by atoms with E-state index in [1.165, 1.54) is 30.3 Å². The van der Waals surface area contributed by atoms with E-state index >= 15 is 0 Å². The van der Waals surface area contributed by atoms with Crippen molar-refractivity contribution >= 4 is 33.6 Å². The van der Waals surface area contributed by atoms with Crippen LogP contribution in [0.4, 0.5) is 5.69 Å². The second kappa shape index (κ2) is 4.41. The van der Waals surface area contributed by atoms with Gasteiger partial charge in [0.25, 0.3) is 5.69 Å². The van der Waals surface area contributed by atoms with Crippen LogP contribution in [0.2, 0.25) is 0 Å². The van der Waals surface area contributed by atoms with Gasteiger partial charge in [-0.2, -0.15) is 0 Å². The Balaban J connectivity index is 2.52. The first-order chi connectivity index (χ1) is 9.99. The van der Waals surface area contributed by atoms with E-state index < -0.39 is 16.3 Å². The molecular weight excluding hydrogens is 278 g/mol. The maximum absolute atomic E-state index is 12.4. The number of aromatic carboxylic acids is 1. The number of nitro groups is 1. The van der Waals surface area contributed by atoms with Crippen LogP contribution in [0, 0.1) is 10.1 Å². The molecule has 0 saturated heterocycles. The molecule has 7 heteroatoms. The first kappa shape index (κ1) is 12.8. The summed E-state index contributed by atoms with van der Waals surface area (Å²) in [6.45, 7) is 0. The minimum Gasteiger partial charge on any atom is -0.478 e. The molecule has 3 aromatic rings. The highest BCUT2D eigenvalue weighted by molar-refractivity contribution is 6.04. The number of fused-ring (bicyclic) bond motifs is 2. The number of nitro benzene ring substituents is 1. The van der Waals surface area contributed by atoms with Gasteiger partial charge in [-0.05, 0) is 18.2 Å². The van der Waals surface area contributed by atoms with Crippen LogP contribution in [-0.2, 0) is 0 Å². The summed E-state index contributed by atoms with van der Waals surface area (Å²) in [6, 6.07) is 7.85. The SMILES string of the molecule is O=C(O)c1cccc2oc3ccc([N+](=O)[O-])cc3c(=O)c12. The van der Waals surface area contributed by atoms with Gasteiger partial charge in [0.2, 0.25) is 5.43 Å². The van der Waals surface area contributed by atoms with Crippen molar-refractivity contribution in [3.63, 3.8) is 0 Å². The maximum atomic E-state index is 12.4. The van der Waals surface area contributed by atoms with Crippen LogP contribution in [0.15, 0.2) is 45.6 Å². The Morgan fingerprint density at radius 2 is 1.95 bits per heavy atom. The van der Waals surface area contributed by atoms with Crippen molar-refractivity contribution in [1.82, 2.24) is 0 Å². The Kier molecular flexibility index (Phi) is 2.69. The smallest absolute Gasteiger partial charge is 0.336 e. The lowest BCUT2D eigenvalue weighted by atomic mass is 10.1. The molecule has 3 rings (SSSR count). The number of rotatable bonds is 2. The normalized spacial score (nSPS) is 10.9. The molecule has 1 N–H and O–H groups in total. The molecule has 0 aliphatic carbocycles. The molecule has 1 heterocycles. The van der Waals surface area contributed by atoms with Crippen LogP contribution in [0.3, 0.4) is 0 Å². The van der Waals surface area contributed by atoms with Gasteiger partial charge >= 0.3 is 5.97 Å². The van der Waals surface area contributed by atoms with E-state index in [1.54, 1.807) is 0 Å². The zero-order chi connectivity index (χ0) is 15.1. The number of hydrogen-bond acceptors (Lipinski definition) is 5. The molecule has 0 radical (unpaired) electrons. The van der Waals surface area contributed by atoms with Gasteiger partial charge in [-0.15, -0.1) is 0 Å². The largest absolute Gasteiger partial charge is 0.478 e. The van der Waals surface area contributed by atoms with Gasteiger partial charge in [-0.3, -0.25) is 14.9 Å². The van der Waals surface area contributed by atoms with Crippen LogP contribution in [0.5, 0.6) is 0 Å². The van der Waals surface area contributed by atoms with Gasteiger partial charge in [-0.1, -0.05) is 6.07 Å². The minimum absolute atomic E-state index is 0.0228. The standard InChI is InChI=1S/C14H7NO6/c16-13-9-6-7(15(19)20)4-5-10(9)21-11-3-1-2-8(12(11)13)14(17)18/h1-6H,(H,17,18). The minimum atomic E-state index is -1.27. The number of carboxylic acids is 1. The number of carbonyl (C=O) groups is 1. The highest BCUT2D eigenvalue weighted by Gasteiger charge is 2.17. The van der Waals surface area contributed by atoms with E-state index in [0.717, 1.165) is 6.07 Å². The number of benzene rings is 2. The lowest BCUT2D eigenvalue weighted by Crippen LogP contribution is -2.08. The van der Waals surface area contributed by atoms with Crippen molar-refractivity contribution < 1.29 is 19.2 Å². The molecule has 7 nitrogen and oxygen atoms in total. The third-order valence-corrected chi connectivity index (χ3v) is 3.12. The Hall–Kier alpha value is -3.22. The van der Waals surface area contributed by atoms with E-state index in [2.05, 4.69) is 0 Å². The Bertz CT molecular complexity index is 972. The highest BCUT2D eigenvalue weighted by atomic mass is 16.6. The van der Waals surface area contributed by atoms with Gasteiger partial charge in [0.05, 0.1) is 21.3 Å². The van der Waals surface area contributed by atoms with Crippen LogP contribution >= 0.6 is 0 Å². The van der Waals surface area contributed by atoms with Gasteiger partial charge in [0.15, 0.2) is 0 Å². The van der Waals surface area contributed by atoms with E-state index in [1.807, 2.05) is 0 Å². The van der Waals surface area contributed by atoms with Crippen molar-refractivity contribution in [2.24, 2.45) is 0 Å². The average Bonchev–Trinajstić information content (AvgIpc) is 2.46. The van der Waals surface area contributed by atoms with Crippen molar-refractivity contribution in [1.29, 1.82) is 0 Å². The quantitative estimate of drug-likeness (QED) is 0.440. The molecule has 0 unspecified atom stereocenters. The van der Waals surface area contributed by atoms with Crippen LogP contribution in [0.25, 0.3) is 21.9 Å². The fraction of sp³-hybridized carbons (Fsp3) is 0. The van der Waals surface area contributed by atoms with E-state index in [4.69, 9.17) is 9.52 Å². The fourth-order valence-corrected chi connectivity index (χ4v) is 2.18. The lowest BCUT2D eigenvalue weighted by molar-refractivity contribution is -0.384. The molecule has 0 amide bonds. The molecule has 0 aliphatic rings. The first-order valence-electron chi connectivity index (χ1n) is 5.86. The first-order valence-corrected chi connectivity index (χ1v) is 5.86. The number of nitrogens with zero attached hydrogens (tertiary/aromatic N) is 1. The predicted molar refractivity (Wildman–Crippen MR) is 73.6 cm³/mol. The van der Waals surface area contributed by atoms with E-state index in [9.17, 15) is 19.7 Å². The molecule has 0 spiro atoms. The number of hydrogen-bond donors (Lipinski definition) is 1. The summed E-state index contributed by atoms with van der Waals surface area (Å²) >= 11 is 0. The van der Waals surface area contributed by atoms with E-state index in [0.29, 0.717) is 0 Å². The van der Waals surface area contributed by atoms with Crippen molar-refractivity contribution in [2.45, 2.75) is 0 Å². The average molecular weight is 285 g/mol. The van der Waals surface area contributed by atoms with Crippen molar-refractivity contribution in [3.05, 3.63) is 62.3 Å². The number of non-ortho nitro benzene ring substituents is 1. The summed E-state index contributed by atoms with van der Waals surface area (Å²) in [5.74, 6) is -1.27. The highest BCUT2D eigenvalue weighted by Crippen LogP contribution is 2.24. The van der Waals surface area contributed by atoms with Crippen molar-refractivity contribution in [3.8, 4) is 0 Å². The summed E-state index contributed by atoms with van der Waals surface area (Å²) < 4.78 is 5.47. The predicted octanol–water partition coefficient (Wildman–Crippen LogP) is 2.55. The Labute approximate surface area is 116 Å². The second-order valence-corrected chi connectivity index (χ2v) is 4.35. The molecule has 0 fully saturated rings. The third kappa shape index (κ3) is 1.91. The van der Waals surface area contributed by atoms with Crippen LogP contribution in [-0.4, -0.2) is 16.0 Å². The summed E-state index contributed by atoms with van der Waals surface area (Å²) in [5, 5.41) is 19.8.